The summed E-state index contributed by atoms with van der Waals surface area (Å²) in [5, 5.41) is 0. The van der Waals surface area contributed by atoms with Crippen LogP contribution >= 0.6 is 0 Å². The topological polar surface area (TPSA) is 85.4 Å². The molecule has 0 atom stereocenters. The molecule has 2 aliphatic rings. The highest BCUT2D eigenvalue weighted by molar-refractivity contribution is 7.92. The number of amides is 1. The lowest BCUT2D eigenvalue weighted by atomic mass is 10.1. The number of likely N-dealkylation sites (tertiary alicyclic amines) is 1. The second kappa shape index (κ2) is 9.68. The van der Waals surface area contributed by atoms with Gasteiger partial charge in [0.05, 0.1) is 17.2 Å². The van der Waals surface area contributed by atoms with Gasteiger partial charge >= 0.3 is 0 Å². The number of sulfonamides is 1. The van der Waals surface area contributed by atoms with Crippen molar-refractivity contribution >= 4 is 21.6 Å². The van der Waals surface area contributed by atoms with Crippen molar-refractivity contribution in [3.63, 3.8) is 0 Å². The van der Waals surface area contributed by atoms with E-state index in [1.807, 2.05) is 6.92 Å². The quantitative estimate of drug-likeness (QED) is 0.631. The van der Waals surface area contributed by atoms with E-state index in [1.54, 1.807) is 35.2 Å². The van der Waals surface area contributed by atoms with Crippen LogP contribution in [-0.4, -0.2) is 58.7 Å². The van der Waals surface area contributed by atoms with Crippen LogP contribution in [-0.2, 0) is 14.8 Å². The predicted octanol–water partition coefficient (Wildman–Crippen LogP) is 3.06. The molecule has 0 bridgehead atoms. The lowest BCUT2D eigenvalue weighted by Crippen LogP contribution is -2.44. The fourth-order valence-corrected chi connectivity index (χ4v) is 5.30. The monoisotopic (exact) mass is 460 g/mol. The van der Waals surface area contributed by atoms with Crippen molar-refractivity contribution < 1.29 is 27.4 Å². The molecule has 1 saturated heterocycles. The van der Waals surface area contributed by atoms with Crippen LogP contribution in [0.25, 0.3) is 0 Å². The third kappa shape index (κ3) is 4.77. The van der Waals surface area contributed by atoms with Gasteiger partial charge in [0, 0.05) is 19.2 Å². The average Bonchev–Trinajstić information content (AvgIpc) is 2.83. The minimum Gasteiger partial charge on any atom is -0.494 e. The Morgan fingerprint density at radius 3 is 2.38 bits per heavy atom. The lowest BCUT2D eigenvalue weighted by molar-refractivity contribution is -0.130. The van der Waals surface area contributed by atoms with Gasteiger partial charge in [-0.05, 0) is 62.6 Å². The fraction of sp³-hybridized carbons (Fsp3) is 0.435. The summed E-state index contributed by atoms with van der Waals surface area (Å²) in [5.74, 6) is 1.31. The summed E-state index contributed by atoms with van der Waals surface area (Å²) in [4.78, 5) is 14.8. The largest absolute Gasteiger partial charge is 0.494 e. The number of fused-ring (bicyclic) bond motifs is 1. The zero-order chi connectivity index (χ0) is 22.6. The van der Waals surface area contributed by atoms with Gasteiger partial charge in [-0.2, -0.15) is 0 Å². The van der Waals surface area contributed by atoms with Crippen LogP contribution in [0.15, 0.2) is 47.4 Å². The molecule has 0 radical (unpaired) electrons. The highest BCUT2D eigenvalue weighted by Crippen LogP contribution is 2.34. The Balaban J connectivity index is 1.67. The summed E-state index contributed by atoms with van der Waals surface area (Å²) in [6.07, 6.45) is 2.95. The van der Waals surface area contributed by atoms with Crippen molar-refractivity contribution in [3.8, 4) is 17.2 Å². The molecule has 0 spiro atoms. The second-order valence-electron chi connectivity index (χ2n) is 7.69. The molecule has 32 heavy (non-hydrogen) atoms. The van der Waals surface area contributed by atoms with E-state index in [-0.39, 0.29) is 17.3 Å². The van der Waals surface area contributed by atoms with Crippen molar-refractivity contribution in [1.29, 1.82) is 0 Å². The predicted molar refractivity (Wildman–Crippen MR) is 120 cm³/mol. The molecule has 0 aromatic heterocycles. The Morgan fingerprint density at radius 1 is 1.00 bits per heavy atom. The molecule has 172 valence electrons. The molecule has 8 nitrogen and oxygen atoms in total. The van der Waals surface area contributed by atoms with Crippen LogP contribution in [0.3, 0.4) is 0 Å². The summed E-state index contributed by atoms with van der Waals surface area (Å²) in [7, 11) is -4.04. The van der Waals surface area contributed by atoms with E-state index in [0.717, 1.165) is 23.6 Å². The number of piperidine rings is 1. The van der Waals surface area contributed by atoms with Gasteiger partial charge in [-0.15, -0.1) is 0 Å². The average molecular weight is 461 g/mol. The number of nitrogens with zero attached hydrogens (tertiary/aromatic N) is 2. The summed E-state index contributed by atoms with van der Waals surface area (Å²) in [6.45, 7) is 4.19. The first-order valence-electron chi connectivity index (χ1n) is 10.9. The Labute approximate surface area is 188 Å². The molecular weight excluding hydrogens is 432 g/mol. The van der Waals surface area contributed by atoms with Crippen LogP contribution in [0.2, 0.25) is 0 Å². The SMILES string of the molecule is CCOc1ccc(N(CC(=O)N2CCCCC2)S(=O)(=O)c2ccc3c(c2)OCCO3)cc1. The van der Waals surface area contributed by atoms with Gasteiger partial charge in [-0.3, -0.25) is 9.10 Å². The standard InChI is InChI=1S/C23H28N2O6S/c1-2-29-19-8-6-18(7-9-19)25(17-23(26)24-12-4-3-5-13-24)32(27,28)20-10-11-21-22(16-20)31-15-14-30-21/h6-11,16H,2-5,12-15,17H2,1H3. The van der Waals surface area contributed by atoms with Crippen LogP contribution in [0.5, 0.6) is 17.2 Å². The molecule has 2 aliphatic heterocycles. The minimum atomic E-state index is -4.04. The van der Waals surface area contributed by atoms with E-state index in [0.29, 0.717) is 55.8 Å². The van der Waals surface area contributed by atoms with Gasteiger partial charge in [-0.1, -0.05) is 0 Å². The van der Waals surface area contributed by atoms with Gasteiger partial charge in [-0.25, -0.2) is 8.42 Å². The van der Waals surface area contributed by atoms with Gasteiger partial charge in [0.15, 0.2) is 11.5 Å². The van der Waals surface area contributed by atoms with Gasteiger partial charge < -0.3 is 19.1 Å². The third-order valence-corrected chi connectivity index (χ3v) is 7.29. The lowest BCUT2D eigenvalue weighted by Gasteiger charge is -2.31. The summed E-state index contributed by atoms with van der Waals surface area (Å²) in [6, 6.07) is 11.2. The minimum absolute atomic E-state index is 0.0436. The van der Waals surface area contributed by atoms with Gasteiger partial charge in [0.1, 0.15) is 25.5 Å². The van der Waals surface area contributed by atoms with Gasteiger partial charge in [0.2, 0.25) is 5.91 Å². The highest BCUT2D eigenvalue weighted by Gasteiger charge is 2.30. The Morgan fingerprint density at radius 2 is 1.69 bits per heavy atom. The maximum absolute atomic E-state index is 13.7. The number of ether oxygens (including phenoxy) is 3. The van der Waals surface area contributed by atoms with E-state index >= 15 is 0 Å². The van der Waals surface area contributed by atoms with Crippen molar-refractivity contribution in [1.82, 2.24) is 4.90 Å². The molecule has 2 aromatic rings. The van der Waals surface area contributed by atoms with Crippen LogP contribution < -0.4 is 18.5 Å². The highest BCUT2D eigenvalue weighted by atomic mass is 32.2. The first kappa shape index (κ1) is 22.3. The van der Waals surface area contributed by atoms with Crippen LogP contribution in [0.4, 0.5) is 5.69 Å². The number of rotatable bonds is 7. The molecule has 1 amide bonds. The number of carbonyl (C=O) groups excluding carboxylic acids is 1. The van der Waals surface area contributed by atoms with E-state index in [9.17, 15) is 13.2 Å². The Kier molecular flexibility index (Phi) is 6.74. The van der Waals surface area contributed by atoms with Crippen molar-refractivity contribution in [3.05, 3.63) is 42.5 Å². The van der Waals surface area contributed by atoms with Crippen molar-refractivity contribution in [2.75, 3.05) is 43.8 Å². The van der Waals surface area contributed by atoms with Crippen molar-refractivity contribution in [2.45, 2.75) is 31.1 Å². The van der Waals surface area contributed by atoms with Crippen LogP contribution in [0.1, 0.15) is 26.2 Å². The van der Waals surface area contributed by atoms with Crippen molar-refractivity contribution in [2.24, 2.45) is 0 Å². The molecule has 0 unspecified atom stereocenters. The first-order valence-corrected chi connectivity index (χ1v) is 12.4. The molecule has 2 heterocycles. The number of hydrogen-bond donors (Lipinski definition) is 0. The second-order valence-corrected chi connectivity index (χ2v) is 9.55. The number of benzene rings is 2. The Hall–Kier alpha value is -2.94. The Bertz CT molecular complexity index is 1050. The molecule has 1 fully saturated rings. The molecule has 0 saturated carbocycles. The van der Waals surface area contributed by atoms with Gasteiger partial charge in [0.25, 0.3) is 10.0 Å². The number of hydrogen-bond acceptors (Lipinski definition) is 6. The first-order chi connectivity index (χ1) is 15.5. The van der Waals surface area contributed by atoms with E-state index in [2.05, 4.69) is 0 Å². The number of anilines is 1. The van der Waals surface area contributed by atoms with E-state index < -0.39 is 10.0 Å². The fourth-order valence-electron chi connectivity index (χ4n) is 3.87. The maximum atomic E-state index is 13.7. The van der Waals surface area contributed by atoms with Crippen LogP contribution in [0, 0.1) is 0 Å². The zero-order valence-corrected chi connectivity index (χ0v) is 19.0. The molecule has 2 aromatic carbocycles. The molecule has 0 N–H and O–H groups in total. The molecule has 0 aliphatic carbocycles. The van der Waals surface area contributed by atoms with E-state index in [1.165, 1.54) is 12.1 Å². The molecule has 4 rings (SSSR count). The smallest absolute Gasteiger partial charge is 0.264 e. The molecule has 9 heteroatoms. The number of carbonyl (C=O) groups is 1. The molecular formula is C23H28N2O6S. The van der Waals surface area contributed by atoms with E-state index in [4.69, 9.17) is 14.2 Å². The zero-order valence-electron chi connectivity index (χ0n) is 18.2. The normalized spacial score (nSPS) is 15.8. The third-order valence-electron chi connectivity index (χ3n) is 5.52. The summed E-state index contributed by atoms with van der Waals surface area (Å²) in [5.41, 5.74) is 0.397. The summed E-state index contributed by atoms with van der Waals surface area (Å²) < 4.78 is 45.1. The maximum Gasteiger partial charge on any atom is 0.264 e. The summed E-state index contributed by atoms with van der Waals surface area (Å²) >= 11 is 0.